The van der Waals surface area contributed by atoms with Crippen molar-refractivity contribution in [3.63, 3.8) is 0 Å². The van der Waals surface area contributed by atoms with Gasteiger partial charge in [0.15, 0.2) is 4.91 Å². The first-order chi connectivity index (χ1) is 10.4. The molecule has 2 aromatic rings. The van der Waals surface area contributed by atoms with Crippen LogP contribution >= 0.6 is 11.3 Å². The third-order valence-electron chi connectivity index (χ3n) is 2.78. The number of rotatable bonds is 5. The van der Waals surface area contributed by atoms with Crippen LogP contribution in [0, 0.1) is 18.3 Å². The van der Waals surface area contributed by atoms with E-state index in [-0.39, 0.29) is 4.91 Å². The first kappa shape index (κ1) is 16.1. The van der Waals surface area contributed by atoms with Gasteiger partial charge in [0.25, 0.3) is 10.0 Å². The van der Waals surface area contributed by atoms with E-state index in [0.717, 1.165) is 4.88 Å². The van der Waals surface area contributed by atoms with Crippen LogP contribution in [0.3, 0.4) is 0 Å². The molecule has 1 N–H and O–H groups in total. The Morgan fingerprint density at radius 1 is 1.27 bits per heavy atom. The lowest BCUT2D eigenvalue weighted by atomic mass is 10.3. The quantitative estimate of drug-likeness (QED) is 0.850. The number of thiophene rings is 1. The summed E-state index contributed by atoms with van der Waals surface area (Å²) in [5, 5.41) is 9.14. The number of aryl methyl sites for hydroxylation is 1. The minimum atomic E-state index is -3.92. The van der Waals surface area contributed by atoms with Crippen LogP contribution in [0.1, 0.15) is 9.75 Å². The number of nitrogens with zero attached hydrogens (tertiary/aromatic N) is 1. The van der Waals surface area contributed by atoms with Crippen molar-refractivity contribution in [2.75, 3.05) is 11.8 Å². The number of allylic oxidation sites excluding steroid dienone is 1. The van der Waals surface area contributed by atoms with Crippen LogP contribution in [0.15, 0.2) is 41.3 Å². The minimum Gasteiger partial charge on any atom is -0.497 e. The number of ether oxygens (including phenoxy) is 1. The van der Waals surface area contributed by atoms with E-state index < -0.39 is 10.0 Å². The molecule has 2 rings (SSSR count). The highest BCUT2D eigenvalue weighted by atomic mass is 32.2. The van der Waals surface area contributed by atoms with E-state index in [1.807, 2.05) is 13.0 Å². The van der Waals surface area contributed by atoms with Gasteiger partial charge in [0.1, 0.15) is 11.8 Å². The van der Waals surface area contributed by atoms with Crippen molar-refractivity contribution >= 4 is 33.1 Å². The summed E-state index contributed by atoms with van der Waals surface area (Å²) in [6, 6.07) is 11.8. The summed E-state index contributed by atoms with van der Waals surface area (Å²) in [6.45, 7) is 1.91. The largest absolute Gasteiger partial charge is 0.497 e. The number of methoxy groups -OCH3 is 1. The molecule has 0 aliphatic heterocycles. The summed E-state index contributed by atoms with van der Waals surface area (Å²) in [5.41, 5.74) is 0.365. The van der Waals surface area contributed by atoms with Gasteiger partial charge >= 0.3 is 0 Å². The number of sulfonamides is 1. The molecule has 0 atom stereocenters. The van der Waals surface area contributed by atoms with Crippen LogP contribution in [0.2, 0.25) is 0 Å². The van der Waals surface area contributed by atoms with Crippen molar-refractivity contribution in [2.24, 2.45) is 0 Å². The second-order valence-corrected chi connectivity index (χ2v) is 7.37. The molecular formula is C15H14N2O3S2. The maximum absolute atomic E-state index is 12.3. The third kappa shape index (κ3) is 3.87. The molecule has 0 radical (unpaired) electrons. The lowest BCUT2D eigenvalue weighted by Crippen LogP contribution is -2.14. The minimum absolute atomic E-state index is 0.329. The third-order valence-corrected chi connectivity index (χ3v) is 5.02. The first-order valence-corrected chi connectivity index (χ1v) is 8.59. The molecule has 0 saturated heterocycles. The van der Waals surface area contributed by atoms with Crippen LogP contribution < -0.4 is 9.46 Å². The van der Waals surface area contributed by atoms with E-state index in [9.17, 15) is 8.42 Å². The molecule has 1 aromatic heterocycles. The maximum Gasteiger partial charge on any atom is 0.272 e. The lowest BCUT2D eigenvalue weighted by Gasteiger charge is -2.07. The molecule has 0 saturated carbocycles. The van der Waals surface area contributed by atoms with Crippen molar-refractivity contribution in [2.45, 2.75) is 6.92 Å². The fourth-order valence-corrected chi connectivity index (χ4v) is 3.55. The van der Waals surface area contributed by atoms with E-state index in [1.165, 1.54) is 24.5 Å². The highest BCUT2D eigenvalue weighted by Gasteiger charge is 2.18. The zero-order valence-corrected chi connectivity index (χ0v) is 13.7. The summed E-state index contributed by atoms with van der Waals surface area (Å²) in [6.07, 6.45) is 1.36. The van der Waals surface area contributed by atoms with E-state index in [0.29, 0.717) is 16.3 Å². The maximum atomic E-state index is 12.3. The Kier molecular flexibility index (Phi) is 4.85. The van der Waals surface area contributed by atoms with Crippen LogP contribution in [-0.2, 0) is 10.0 Å². The number of benzene rings is 1. The number of hydrogen-bond donors (Lipinski definition) is 1. The summed E-state index contributed by atoms with van der Waals surface area (Å²) >= 11 is 1.42. The Labute approximate surface area is 133 Å². The standard InChI is InChI=1S/C15H14N2O3S2/c1-11-3-8-14(21-11)9-15(10-16)22(18,19)17-12-4-6-13(20-2)7-5-12/h3-9,17H,1-2H3/b15-9-. The molecular weight excluding hydrogens is 320 g/mol. The van der Waals surface area contributed by atoms with Crippen molar-refractivity contribution in [1.29, 1.82) is 5.26 Å². The first-order valence-electron chi connectivity index (χ1n) is 6.30. The van der Waals surface area contributed by atoms with Gasteiger partial charge in [0.2, 0.25) is 0 Å². The van der Waals surface area contributed by atoms with Gasteiger partial charge in [-0.2, -0.15) is 5.26 Å². The smallest absolute Gasteiger partial charge is 0.272 e. The van der Waals surface area contributed by atoms with Gasteiger partial charge in [0.05, 0.1) is 7.11 Å². The molecule has 22 heavy (non-hydrogen) atoms. The van der Waals surface area contributed by atoms with Crippen LogP contribution in [0.5, 0.6) is 5.75 Å². The van der Waals surface area contributed by atoms with Gasteiger partial charge in [0, 0.05) is 15.4 Å². The monoisotopic (exact) mass is 334 g/mol. The van der Waals surface area contributed by atoms with Crippen molar-refractivity contribution in [3.05, 3.63) is 51.1 Å². The normalized spacial score (nSPS) is 11.8. The van der Waals surface area contributed by atoms with Gasteiger partial charge < -0.3 is 4.74 Å². The second kappa shape index (κ2) is 6.64. The fourth-order valence-electron chi connectivity index (χ4n) is 1.70. The molecule has 0 amide bonds. The number of hydrogen-bond acceptors (Lipinski definition) is 5. The summed E-state index contributed by atoms with van der Waals surface area (Å²) in [7, 11) is -2.39. The van der Waals surface area contributed by atoms with Crippen molar-refractivity contribution in [1.82, 2.24) is 0 Å². The molecule has 0 fully saturated rings. The van der Waals surface area contributed by atoms with Crippen LogP contribution in [-0.4, -0.2) is 15.5 Å². The molecule has 0 aliphatic rings. The van der Waals surface area contributed by atoms with E-state index >= 15 is 0 Å². The van der Waals surface area contributed by atoms with Gasteiger partial charge in [-0.3, -0.25) is 4.72 Å². The summed E-state index contributed by atoms with van der Waals surface area (Å²) in [5.74, 6) is 0.619. The molecule has 114 valence electrons. The molecule has 1 aromatic carbocycles. The Balaban J connectivity index is 2.27. The van der Waals surface area contributed by atoms with Crippen molar-refractivity contribution in [3.8, 4) is 11.8 Å². The molecule has 0 spiro atoms. The topological polar surface area (TPSA) is 79.2 Å². The number of nitriles is 1. The van der Waals surface area contributed by atoms with E-state index in [2.05, 4.69) is 4.72 Å². The van der Waals surface area contributed by atoms with Crippen LogP contribution in [0.4, 0.5) is 5.69 Å². The average Bonchev–Trinajstić information content (AvgIpc) is 2.90. The van der Waals surface area contributed by atoms with Gasteiger partial charge in [-0.15, -0.1) is 11.3 Å². The summed E-state index contributed by atoms with van der Waals surface area (Å²) in [4.78, 5) is 1.43. The van der Waals surface area contributed by atoms with Crippen molar-refractivity contribution < 1.29 is 13.2 Å². The zero-order chi connectivity index (χ0) is 16.2. The summed E-state index contributed by atoms with van der Waals surface area (Å²) < 4.78 is 31.9. The second-order valence-electron chi connectivity index (χ2n) is 4.40. The molecule has 7 heteroatoms. The zero-order valence-electron chi connectivity index (χ0n) is 12.0. The van der Waals surface area contributed by atoms with Gasteiger partial charge in [-0.1, -0.05) is 0 Å². The SMILES string of the molecule is COc1ccc(NS(=O)(=O)/C(C#N)=C\c2ccc(C)s2)cc1. The lowest BCUT2D eigenvalue weighted by molar-refractivity contribution is 0.415. The fraction of sp³-hybridized carbons (Fsp3) is 0.133. The van der Waals surface area contributed by atoms with Gasteiger partial charge in [-0.05, 0) is 49.4 Å². The molecule has 1 heterocycles. The number of nitrogens with one attached hydrogen (secondary N) is 1. The molecule has 0 unspecified atom stereocenters. The average molecular weight is 334 g/mol. The Morgan fingerprint density at radius 2 is 1.95 bits per heavy atom. The highest BCUT2D eigenvalue weighted by molar-refractivity contribution is 7.97. The molecule has 0 aliphatic carbocycles. The predicted molar refractivity (Wildman–Crippen MR) is 88.2 cm³/mol. The van der Waals surface area contributed by atoms with Crippen LogP contribution in [0.25, 0.3) is 6.08 Å². The van der Waals surface area contributed by atoms with Gasteiger partial charge in [-0.25, -0.2) is 8.42 Å². The van der Waals surface area contributed by atoms with E-state index in [1.54, 1.807) is 36.4 Å². The predicted octanol–water partition coefficient (Wildman–Crippen LogP) is 3.37. The molecule has 0 bridgehead atoms. The Hall–Kier alpha value is -2.30. The highest BCUT2D eigenvalue weighted by Crippen LogP contribution is 2.22. The number of anilines is 1. The Morgan fingerprint density at radius 3 is 2.45 bits per heavy atom. The Bertz CT molecular complexity index is 828. The molecule has 5 nitrogen and oxygen atoms in total. The van der Waals surface area contributed by atoms with E-state index in [4.69, 9.17) is 10.00 Å².